The van der Waals surface area contributed by atoms with E-state index in [0.717, 1.165) is 0 Å². The minimum Gasteiger partial charge on any atom is -0.459 e. The van der Waals surface area contributed by atoms with Crippen LogP contribution in [0.2, 0.25) is 5.04 Å². The second-order valence-electron chi connectivity index (χ2n) is 8.49. The van der Waals surface area contributed by atoms with Gasteiger partial charge in [0.1, 0.15) is 6.10 Å². The average molecular weight is 395 g/mol. The van der Waals surface area contributed by atoms with Gasteiger partial charge < -0.3 is 9.16 Å². The lowest BCUT2D eigenvalue weighted by molar-refractivity contribution is -0.146. The van der Waals surface area contributed by atoms with Gasteiger partial charge >= 0.3 is 5.97 Å². The van der Waals surface area contributed by atoms with E-state index in [4.69, 9.17) is 9.16 Å². The molecule has 0 aromatic heterocycles. The molecule has 0 saturated heterocycles. The molecule has 0 saturated carbocycles. The molecule has 1 aliphatic heterocycles. The van der Waals surface area contributed by atoms with Gasteiger partial charge in [-0.25, -0.2) is 4.79 Å². The molecule has 148 valence electrons. The Morgan fingerprint density at radius 1 is 0.964 bits per heavy atom. The van der Waals surface area contributed by atoms with Crippen LogP contribution in [0.3, 0.4) is 0 Å². The van der Waals surface area contributed by atoms with Gasteiger partial charge in [-0.1, -0.05) is 94.4 Å². The van der Waals surface area contributed by atoms with E-state index in [0.29, 0.717) is 13.0 Å². The number of carbonyl (C=O) groups excluding carboxylic acids is 1. The topological polar surface area (TPSA) is 35.5 Å². The van der Waals surface area contributed by atoms with Crippen LogP contribution >= 0.6 is 0 Å². The van der Waals surface area contributed by atoms with E-state index in [9.17, 15) is 4.79 Å². The second-order valence-corrected chi connectivity index (χ2v) is 12.8. The molecule has 0 unspecified atom stereocenters. The van der Waals surface area contributed by atoms with Crippen molar-refractivity contribution >= 4 is 24.7 Å². The van der Waals surface area contributed by atoms with Crippen molar-refractivity contribution in [1.82, 2.24) is 0 Å². The first-order valence-corrected chi connectivity index (χ1v) is 11.9. The molecule has 4 heteroatoms. The fourth-order valence-corrected chi connectivity index (χ4v) is 8.64. The van der Waals surface area contributed by atoms with Gasteiger partial charge in [0.05, 0.1) is 0 Å². The van der Waals surface area contributed by atoms with E-state index in [1.54, 1.807) is 0 Å². The van der Waals surface area contributed by atoms with Gasteiger partial charge in [0, 0.05) is 25.0 Å². The highest BCUT2D eigenvalue weighted by atomic mass is 28.4. The van der Waals surface area contributed by atoms with Gasteiger partial charge in [-0.05, 0) is 15.4 Å². The Balaban J connectivity index is 1.93. The summed E-state index contributed by atoms with van der Waals surface area (Å²) in [5.41, 5.74) is 0. The third-order valence-corrected chi connectivity index (χ3v) is 10.6. The molecule has 0 aliphatic carbocycles. The van der Waals surface area contributed by atoms with E-state index in [-0.39, 0.29) is 23.0 Å². The van der Waals surface area contributed by atoms with Crippen molar-refractivity contribution in [1.29, 1.82) is 0 Å². The molecule has 28 heavy (non-hydrogen) atoms. The van der Waals surface area contributed by atoms with Gasteiger partial charge in [0.25, 0.3) is 8.32 Å². The summed E-state index contributed by atoms with van der Waals surface area (Å²) in [6.45, 7) is 9.45. The summed E-state index contributed by atoms with van der Waals surface area (Å²) >= 11 is 0. The van der Waals surface area contributed by atoms with E-state index in [2.05, 4.69) is 76.2 Å². The van der Waals surface area contributed by atoms with Crippen LogP contribution in [0.4, 0.5) is 0 Å². The Morgan fingerprint density at radius 3 is 2.00 bits per heavy atom. The van der Waals surface area contributed by atoms with Gasteiger partial charge in [-0.15, -0.1) is 0 Å². The lowest BCUT2D eigenvalue weighted by Crippen LogP contribution is -2.66. The maximum atomic E-state index is 11.6. The molecule has 2 aromatic carbocycles. The molecule has 0 spiro atoms. The summed E-state index contributed by atoms with van der Waals surface area (Å²) in [7, 11) is -2.53. The van der Waals surface area contributed by atoms with Crippen molar-refractivity contribution in [2.75, 3.05) is 6.61 Å². The minimum absolute atomic E-state index is 0.0511. The van der Waals surface area contributed by atoms with Crippen molar-refractivity contribution in [3.05, 3.63) is 72.8 Å². The number of hydrogen-bond donors (Lipinski definition) is 0. The monoisotopic (exact) mass is 394 g/mol. The summed E-state index contributed by atoms with van der Waals surface area (Å²) in [6, 6.07) is 21.2. The molecule has 2 aromatic rings. The van der Waals surface area contributed by atoms with E-state index in [1.807, 2.05) is 18.2 Å². The molecule has 0 N–H and O–H groups in total. The van der Waals surface area contributed by atoms with Crippen molar-refractivity contribution in [2.45, 2.75) is 45.3 Å². The smallest absolute Gasteiger partial charge is 0.330 e. The van der Waals surface area contributed by atoms with Crippen LogP contribution < -0.4 is 10.4 Å². The van der Waals surface area contributed by atoms with E-state index in [1.165, 1.54) is 16.4 Å². The van der Waals surface area contributed by atoms with E-state index < -0.39 is 8.32 Å². The van der Waals surface area contributed by atoms with Crippen LogP contribution in [0.1, 0.15) is 34.1 Å². The highest BCUT2D eigenvalue weighted by molar-refractivity contribution is 6.99. The first-order valence-electron chi connectivity index (χ1n) is 9.98. The Hall–Kier alpha value is -2.17. The summed E-state index contributed by atoms with van der Waals surface area (Å²) in [5, 5.41) is 2.48. The lowest BCUT2D eigenvalue weighted by Gasteiger charge is -2.43. The summed E-state index contributed by atoms with van der Waals surface area (Å²) in [6.07, 6.45) is 4.02. The predicted octanol–water partition coefficient (Wildman–Crippen LogP) is 4.07. The summed E-state index contributed by atoms with van der Waals surface area (Å²) < 4.78 is 12.4. The molecule has 1 aliphatic rings. The minimum atomic E-state index is -2.53. The second kappa shape index (κ2) is 8.46. The first-order chi connectivity index (χ1) is 13.3. The van der Waals surface area contributed by atoms with Crippen LogP contribution in [0.25, 0.3) is 0 Å². The molecule has 0 fully saturated rings. The molecular formula is C24H30O3Si. The van der Waals surface area contributed by atoms with Crippen LogP contribution in [-0.2, 0) is 14.0 Å². The molecule has 3 nitrogen and oxygen atoms in total. The number of esters is 1. The summed E-state index contributed by atoms with van der Waals surface area (Å²) in [5.74, 6) is -0.0472. The highest BCUT2D eigenvalue weighted by Gasteiger charge is 2.50. The van der Waals surface area contributed by atoms with Gasteiger partial charge in [0.2, 0.25) is 0 Å². The zero-order chi connectivity index (χ0) is 20.2. The predicted molar refractivity (Wildman–Crippen MR) is 116 cm³/mol. The van der Waals surface area contributed by atoms with Gasteiger partial charge in [-0.3, -0.25) is 0 Å². The van der Waals surface area contributed by atoms with Crippen molar-refractivity contribution in [2.24, 2.45) is 5.92 Å². The van der Waals surface area contributed by atoms with Crippen LogP contribution in [0.15, 0.2) is 72.8 Å². The van der Waals surface area contributed by atoms with Crippen LogP contribution in [-0.4, -0.2) is 27.0 Å². The SMILES string of the molecule is C[C@H]1C=CC(=O)O[C@@H]1CCO[Si](c1ccccc1)(c1ccccc1)C(C)(C)C. The Labute approximate surface area is 169 Å². The standard InChI is InChI=1S/C24H30O3Si/c1-19-15-16-23(25)27-22(19)17-18-26-28(24(2,3)4,20-11-7-5-8-12-20)21-13-9-6-10-14-21/h5-16,19,22H,17-18H2,1-4H3/t19-,22+/m0/s1. The number of rotatable bonds is 6. The van der Waals surface area contributed by atoms with Crippen molar-refractivity contribution in [3.8, 4) is 0 Å². The maximum absolute atomic E-state index is 11.6. The number of ether oxygens (including phenoxy) is 1. The van der Waals surface area contributed by atoms with E-state index >= 15 is 0 Å². The van der Waals surface area contributed by atoms with Gasteiger partial charge in [-0.2, -0.15) is 0 Å². The number of carbonyl (C=O) groups is 1. The van der Waals surface area contributed by atoms with Crippen LogP contribution in [0.5, 0.6) is 0 Å². The zero-order valence-electron chi connectivity index (χ0n) is 17.2. The quantitative estimate of drug-likeness (QED) is 0.547. The van der Waals surface area contributed by atoms with Crippen LogP contribution in [0, 0.1) is 5.92 Å². The fourth-order valence-electron chi connectivity index (χ4n) is 4.06. The molecule has 2 atom stereocenters. The highest BCUT2D eigenvalue weighted by Crippen LogP contribution is 2.37. The molecule has 0 bridgehead atoms. The van der Waals surface area contributed by atoms with Crippen molar-refractivity contribution in [3.63, 3.8) is 0 Å². The number of hydrogen-bond acceptors (Lipinski definition) is 3. The Kier molecular flexibility index (Phi) is 6.21. The largest absolute Gasteiger partial charge is 0.459 e. The average Bonchev–Trinajstić information content (AvgIpc) is 2.68. The molecule has 3 rings (SSSR count). The molecule has 0 amide bonds. The maximum Gasteiger partial charge on any atom is 0.330 e. The number of benzene rings is 2. The third kappa shape index (κ3) is 4.13. The lowest BCUT2D eigenvalue weighted by atomic mass is 10.00. The Morgan fingerprint density at radius 2 is 1.50 bits per heavy atom. The van der Waals surface area contributed by atoms with Crippen molar-refractivity contribution < 1.29 is 14.0 Å². The third-order valence-electron chi connectivity index (χ3n) is 5.53. The first kappa shape index (κ1) is 20.6. The fraction of sp³-hybridized carbons (Fsp3) is 0.375. The Bertz CT molecular complexity index is 769. The molecular weight excluding hydrogens is 364 g/mol. The van der Waals surface area contributed by atoms with Gasteiger partial charge in [0.15, 0.2) is 0 Å². The summed E-state index contributed by atoms with van der Waals surface area (Å²) in [4.78, 5) is 11.6. The molecule has 0 radical (unpaired) electrons. The normalized spacial score (nSPS) is 20.1. The molecule has 1 heterocycles. The zero-order valence-corrected chi connectivity index (χ0v) is 18.2. The number of cyclic esters (lactones) is 1.